The van der Waals surface area contributed by atoms with Crippen molar-refractivity contribution in [1.29, 1.82) is 0 Å². The summed E-state index contributed by atoms with van der Waals surface area (Å²) in [6, 6.07) is 6.52. The maximum Gasteiger partial charge on any atom is 0.410 e. The maximum atomic E-state index is 12.7. The SMILES string of the molecule is CCC1C(c2cccc(C)c2C)CC(N)CN1C(=O)OC(C)(C)C. The molecule has 134 valence electrons. The van der Waals surface area contributed by atoms with E-state index < -0.39 is 5.60 Å². The number of carbonyl (C=O) groups excluding carboxylic acids is 1. The van der Waals surface area contributed by atoms with E-state index >= 15 is 0 Å². The second-order valence-corrected chi connectivity index (χ2v) is 8.00. The first kappa shape index (κ1) is 18.8. The first-order valence-corrected chi connectivity index (χ1v) is 8.95. The summed E-state index contributed by atoms with van der Waals surface area (Å²) in [5.74, 6) is 0.256. The normalized spacial score (nSPS) is 24.8. The highest BCUT2D eigenvalue weighted by Crippen LogP contribution is 2.37. The number of nitrogens with two attached hydrogens (primary N) is 1. The second kappa shape index (κ2) is 7.14. The first-order chi connectivity index (χ1) is 11.1. The molecule has 0 saturated carbocycles. The predicted molar refractivity (Wildman–Crippen MR) is 98.3 cm³/mol. The number of aryl methyl sites for hydroxylation is 1. The third kappa shape index (κ3) is 4.10. The molecule has 0 bridgehead atoms. The van der Waals surface area contributed by atoms with Gasteiger partial charge in [-0.3, -0.25) is 0 Å². The minimum atomic E-state index is -0.494. The number of amides is 1. The summed E-state index contributed by atoms with van der Waals surface area (Å²) in [5, 5.41) is 0. The minimum absolute atomic E-state index is 0.0229. The number of ether oxygens (including phenoxy) is 1. The van der Waals surface area contributed by atoms with Gasteiger partial charge in [0.25, 0.3) is 0 Å². The number of benzene rings is 1. The summed E-state index contributed by atoms with van der Waals surface area (Å²) in [7, 11) is 0. The smallest absolute Gasteiger partial charge is 0.410 e. The zero-order valence-corrected chi connectivity index (χ0v) is 15.9. The highest BCUT2D eigenvalue weighted by atomic mass is 16.6. The summed E-state index contributed by atoms with van der Waals surface area (Å²) < 4.78 is 5.63. The monoisotopic (exact) mass is 332 g/mol. The predicted octanol–water partition coefficient (Wildman–Crippen LogP) is 4.13. The third-order valence-corrected chi connectivity index (χ3v) is 4.94. The average molecular weight is 332 g/mol. The Balaban J connectivity index is 2.35. The van der Waals surface area contributed by atoms with Crippen LogP contribution in [0.2, 0.25) is 0 Å². The van der Waals surface area contributed by atoms with Gasteiger partial charge >= 0.3 is 6.09 Å². The molecule has 1 aromatic carbocycles. The van der Waals surface area contributed by atoms with Crippen molar-refractivity contribution in [3.05, 3.63) is 34.9 Å². The molecular formula is C20H32N2O2. The summed E-state index contributed by atoms with van der Waals surface area (Å²) in [6.45, 7) is 12.7. The average Bonchev–Trinajstić information content (AvgIpc) is 2.47. The lowest BCUT2D eigenvalue weighted by Gasteiger charge is -2.44. The van der Waals surface area contributed by atoms with Crippen molar-refractivity contribution >= 4 is 6.09 Å². The molecule has 1 saturated heterocycles. The van der Waals surface area contributed by atoms with Crippen LogP contribution in [0.4, 0.5) is 4.79 Å². The van der Waals surface area contributed by atoms with E-state index in [4.69, 9.17) is 10.5 Å². The van der Waals surface area contributed by atoms with Crippen molar-refractivity contribution in [1.82, 2.24) is 4.90 Å². The number of rotatable bonds is 2. The van der Waals surface area contributed by atoms with Gasteiger partial charge in [0, 0.05) is 24.5 Å². The summed E-state index contributed by atoms with van der Waals surface area (Å²) >= 11 is 0. The molecule has 0 radical (unpaired) electrons. The van der Waals surface area contributed by atoms with Gasteiger partial charge in [-0.2, -0.15) is 0 Å². The molecule has 1 aliphatic heterocycles. The highest BCUT2D eigenvalue weighted by molar-refractivity contribution is 5.69. The van der Waals surface area contributed by atoms with E-state index in [1.807, 2.05) is 25.7 Å². The van der Waals surface area contributed by atoms with E-state index in [1.54, 1.807) is 0 Å². The Morgan fingerprint density at radius 2 is 2.00 bits per heavy atom. The quantitative estimate of drug-likeness (QED) is 0.886. The zero-order valence-electron chi connectivity index (χ0n) is 15.9. The Hall–Kier alpha value is -1.55. The molecule has 2 N–H and O–H groups in total. The van der Waals surface area contributed by atoms with E-state index in [2.05, 4.69) is 39.0 Å². The Labute approximate surface area is 146 Å². The minimum Gasteiger partial charge on any atom is -0.444 e. The number of nitrogens with zero attached hydrogens (tertiary/aromatic N) is 1. The van der Waals surface area contributed by atoms with E-state index in [9.17, 15) is 4.79 Å². The van der Waals surface area contributed by atoms with Gasteiger partial charge in [0.05, 0.1) is 0 Å². The number of hydrogen-bond acceptors (Lipinski definition) is 3. The van der Waals surface area contributed by atoms with Gasteiger partial charge in [0.2, 0.25) is 0 Å². The van der Waals surface area contributed by atoms with Crippen LogP contribution >= 0.6 is 0 Å². The largest absolute Gasteiger partial charge is 0.444 e. The molecule has 1 heterocycles. The highest BCUT2D eigenvalue weighted by Gasteiger charge is 2.39. The standard InChI is InChI=1S/C20H32N2O2/c1-7-18-17(16-10-8-9-13(2)14(16)3)11-15(21)12-22(18)19(23)24-20(4,5)6/h8-10,15,17-18H,7,11-12,21H2,1-6H3. The third-order valence-electron chi connectivity index (χ3n) is 4.94. The van der Waals surface area contributed by atoms with E-state index in [0.717, 1.165) is 12.8 Å². The van der Waals surface area contributed by atoms with Gasteiger partial charge < -0.3 is 15.4 Å². The molecule has 1 aliphatic rings. The van der Waals surface area contributed by atoms with Gasteiger partial charge in [-0.25, -0.2) is 4.79 Å². The van der Waals surface area contributed by atoms with Crippen molar-refractivity contribution in [3.63, 3.8) is 0 Å². The molecule has 1 aromatic rings. The van der Waals surface area contributed by atoms with Crippen LogP contribution < -0.4 is 5.73 Å². The molecule has 0 aromatic heterocycles. The summed E-state index contributed by atoms with van der Waals surface area (Å²) in [6.07, 6.45) is 1.55. The van der Waals surface area contributed by atoms with Crippen LogP contribution in [0.15, 0.2) is 18.2 Å². The molecule has 3 atom stereocenters. The zero-order chi connectivity index (χ0) is 18.1. The molecule has 4 heteroatoms. The number of piperidine rings is 1. The Bertz CT molecular complexity index is 592. The molecule has 0 spiro atoms. The number of hydrogen-bond donors (Lipinski definition) is 1. The van der Waals surface area contributed by atoms with Crippen LogP contribution in [0.5, 0.6) is 0 Å². The van der Waals surface area contributed by atoms with Crippen molar-refractivity contribution in [2.24, 2.45) is 5.73 Å². The molecule has 24 heavy (non-hydrogen) atoms. The van der Waals surface area contributed by atoms with Crippen LogP contribution in [0.25, 0.3) is 0 Å². The fourth-order valence-corrected chi connectivity index (χ4v) is 3.71. The Morgan fingerprint density at radius 1 is 1.33 bits per heavy atom. The Morgan fingerprint density at radius 3 is 2.58 bits per heavy atom. The topological polar surface area (TPSA) is 55.6 Å². The van der Waals surface area contributed by atoms with E-state index in [0.29, 0.717) is 6.54 Å². The van der Waals surface area contributed by atoms with Crippen LogP contribution in [-0.2, 0) is 4.74 Å². The lowest BCUT2D eigenvalue weighted by Crippen LogP contribution is -2.55. The lowest BCUT2D eigenvalue weighted by atomic mass is 9.78. The van der Waals surface area contributed by atoms with Gasteiger partial charge in [-0.15, -0.1) is 0 Å². The van der Waals surface area contributed by atoms with Gasteiger partial charge in [-0.1, -0.05) is 25.1 Å². The fraction of sp³-hybridized carbons (Fsp3) is 0.650. The van der Waals surface area contributed by atoms with Gasteiger partial charge in [0.1, 0.15) is 5.60 Å². The molecule has 0 aliphatic carbocycles. The molecule has 4 nitrogen and oxygen atoms in total. The fourth-order valence-electron chi connectivity index (χ4n) is 3.71. The van der Waals surface area contributed by atoms with Crippen molar-refractivity contribution < 1.29 is 9.53 Å². The van der Waals surface area contributed by atoms with Gasteiger partial charge in [0.15, 0.2) is 0 Å². The van der Waals surface area contributed by atoms with E-state index in [1.165, 1.54) is 16.7 Å². The lowest BCUT2D eigenvalue weighted by molar-refractivity contribution is 0.00334. The van der Waals surface area contributed by atoms with Gasteiger partial charge in [-0.05, 0) is 64.2 Å². The van der Waals surface area contributed by atoms with E-state index in [-0.39, 0.29) is 24.1 Å². The van der Waals surface area contributed by atoms with Crippen molar-refractivity contribution in [3.8, 4) is 0 Å². The summed E-state index contributed by atoms with van der Waals surface area (Å²) in [5.41, 5.74) is 9.71. The van der Waals surface area contributed by atoms with Crippen LogP contribution in [0.1, 0.15) is 63.1 Å². The van der Waals surface area contributed by atoms with Crippen LogP contribution in [0.3, 0.4) is 0 Å². The number of carbonyl (C=O) groups is 1. The van der Waals surface area contributed by atoms with Crippen LogP contribution in [-0.4, -0.2) is 35.2 Å². The molecule has 1 fully saturated rings. The number of likely N-dealkylation sites (tertiary alicyclic amines) is 1. The molecular weight excluding hydrogens is 300 g/mol. The van der Waals surface area contributed by atoms with Crippen LogP contribution in [0, 0.1) is 13.8 Å². The maximum absolute atomic E-state index is 12.7. The van der Waals surface area contributed by atoms with Crippen molar-refractivity contribution in [2.75, 3.05) is 6.54 Å². The second-order valence-electron chi connectivity index (χ2n) is 8.00. The molecule has 3 unspecified atom stereocenters. The molecule has 2 rings (SSSR count). The van der Waals surface area contributed by atoms with Crippen molar-refractivity contribution in [2.45, 2.75) is 78.0 Å². The molecule has 1 amide bonds. The summed E-state index contributed by atoms with van der Waals surface area (Å²) in [4.78, 5) is 14.6. The first-order valence-electron chi connectivity index (χ1n) is 8.95. The Kier molecular flexibility index (Phi) is 5.59.